The van der Waals surface area contributed by atoms with E-state index in [1.54, 1.807) is 24.7 Å². The zero-order chi connectivity index (χ0) is 18.3. The smallest absolute Gasteiger partial charge is 0.343 e. The van der Waals surface area contributed by atoms with E-state index < -0.39 is 28.5 Å². The SMILES string of the molecule is C[C@@]12C[C@@H](c3ccoc3)OC(=O)[C@H]1CC[C@]1(C)[C@H]2[C@H]2C=C[C@@]1(O)C(=O)O2. The minimum absolute atomic E-state index is 0.149. The molecule has 2 aliphatic carbocycles. The van der Waals surface area contributed by atoms with Crippen molar-refractivity contribution in [2.75, 3.05) is 0 Å². The number of hydrogen-bond donors (Lipinski definition) is 1. The Morgan fingerprint density at radius 3 is 2.73 bits per heavy atom. The van der Waals surface area contributed by atoms with Crippen LogP contribution in [0.1, 0.15) is 44.8 Å². The minimum Gasteiger partial charge on any atom is -0.472 e. The van der Waals surface area contributed by atoms with Crippen LogP contribution in [0.5, 0.6) is 0 Å². The van der Waals surface area contributed by atoms with Crippen molar-refractivity contribution in [1.82, 2.24) is 0 Å². The average Bonchev–Trinajstić information content (AvgIpc) is 3.10. The summed E-state index contributed by atoms with van der Waals surface area (Å²) in [6.07, 6.45) is 7.52. The van der Waals surface area contributed by atoms with Crippen LogP contribution in [0, 0.1) is 22.7 Å². The highest BCUT2D eigenvalue weighted by Gasteiger charge is 2.72. The molecule has 0 unspecified atom stereocenters. The molecule has 0 radical (unpaired) electrons. The maximum absolute atomic E-state index is 12.8. The van der Waals surface area contributed by atoms with E-state index in [0.29, 0.717) is 19.3 Å². The van der Waals surface area contributed by atoms with Gasteiger partial charge in [0.1, 0.15) is 12.2 Å². The minimum atomic E-state index is -1.63. The first-order chi connectivity index (χ1) is 12.3. The van der Waals surface area contributed by atoms with Gasteiger partial charge in [0.25, 0.3) is 0 Å². The zero-order valence-corrected chi connectivity index (χ0v) is 14.8. The van der Waals surface area contributed by atoms with E-state index in [9.17, 15) is 14.7 Å². The molecule has 26 heavy (non-hydrogen) atoms. The fraction of sp³-hybridized carbons (Fsp3) is 0.600. The summed E-state index contributed by atoms with van der Waals surface area (Å²) >= 11 is 0. The van der Waals surface area contributed by atoms with Gasteiger partial charge in [-0.2, -0.15) is 0 Å². The maximum atomic E-state index is 12.8. The molecule has 0 spiro atoms. The molecular formula is C20H22O6. The lowest BCUT2D eigenvalue weighted by Gasteiger charge is -2.65. The monoisotopic (exact) mass is 358 g/mol. The molecular weight excluding hydrogens is 336 g/mol. The standard InChI is InChI=1S/C20H22O6/c1-18-9-14(11-5-8-24-10-11)25-16(21)12(18)3-6-19(2)15(18)13-4-7-20(19,23)17(22)26-13/h4-5,7-8,10,12-15,23H,3,6,9H2,1-2H3/t12-,13-,14+,15+,18-,19-,20-/m1/s1. The summed E-state index contributed by atoms with van der Waals surface area (Å²) in [5.74, 6) is -1.20. The molecule has 6 nitrogen and oxygen atoms in total. The summed E-state index contributed by atoms with van der Waals surface area (Å²) in [7, 11) is 0. The number of ether oxygens (including phenoxy) is 2. The Kier molecular flexibility index (Phi) is 2.97. The molecule has 1 N–H and O–H groups in total. The Hall–Kier alpha value is -2.08. The van der Waals surface area contributed by atoms with E-state index in [0.717, 1.165) is 5.56 Å². The summed E-state index contributed by atoms with van der Waals surface area (Å²) < 4.78 is 16.4. The molecule has 0 amide bonds. The number of fused-ring (bicyclic) bond motifs is 2. The van der Waals surface area contributed by atoms with Crippen LogP contribution >= 0.6 is 0 Å². The molecule has 2 bridgehead atoms. The van der Waals surface area contributed by atoms with Crippen molar-refractivity contribution >= 4 is 11.9 Å². The van der Waals surface area contributed by atoms with Crippen LogP contribution < -0.4 is 0 Å². The molecule has 138 valence electrons. The van der Waals surface area contributed by atoms with Crippen molar-refractivity contribution < 1.29 is 28.6 Å². The Bertz CT molecular complexity index is 812. The predicted octanol–water partition coefficient (Wildman–Crippen LogP) is 2.53. The zero-order valence-electron chi connectivity index (χ0n) is 14.8. The van der Waals surface area contributed by atoms with Crippen molar-refractivity contribution in [3.8, 4) is 0 Å². The number of esters is 2. The number of furan rings is 1. The fourth-order valence-electron chi connectivity index (χ4n) is 6.16. The number of hydrogen-bond acceptors (Lipinski definition) is 6. The van der Waals surface area contributed by atoms with E-state index in [1.165, 1.54) is 0 Å². The second kappa shape index (κ2) is 4.80. The third-order valence-electron chi connectivity index (χ3n) is 7.51. The number of rotatable bonds is 1. The molecule has 1 saturated carbocycles. The first-order valence-electron chi connectivity index (χ1n) is 9.15. The van der Waals surface area contributed by atoms with Gasteiger partial charge in [-0.25, -0.2) is 4.79 Å². The first-order valence-corrected chi connectivity index (χ1v) is 9.15. The van der Waals surface area contributed by atoms with E-state index in [2.05, 4.69) is 6.92 Å². The number of aliphatic hydroxyl groups is 1. The van der Waals surface area contributed by atoms with Crippen LogP contribution in [0.3, 0.4) is 0 Å². The molecule has 6 heteroatoms. The van der Waals surface area contributed by atoms with E-state index in [-0.39, 0.29) is 23.9 Å². The van der Waals surface area contributed by atoms with Gasteiger partial charge < -0.3 is 19.0 Å². The van der Waals surface area contributed by atoms with Crippen LogP contribution in [-0.4, -0.2) is 28.8 Å². The Morgan fingerprint density at radius 2 is 2.04 bits per heavy atom. The van der Waals surface area contributed by atoms with Gasteiger partial charge in [-0.05, 0) is 42.9 Å². The molecule has 3 fully saturated rings. The molecule has 4 heterocycles. The highest BCUT2D eigenvalue weighted by atomic mass is 16.6. The molecule has 0 aromatic carbocycles. The van der Waals surface area contributed by atoms with Gasteiger partial charge in [0.2, 0.25) is 0 Å². The van der Waals surface area contributed by atoms with Crippen LogP contribution in [0.25, 0.3) is 0 Å². The predicted molar refractivity (Wildman–Crippen MR) is 88.6 cm³/mol. The lowest BCUT2D eigenvalue weighted by molar-refractivity contribution is -0.259. The van der Waals surface area contributed by atoms with Gasteiger partial charge in [-0.1, -0.05) is 13.8 Å². The van der Waals surface area contributed by atoms with Crippen LogP contribution in [0.4, 0.5) is 0 Å². The Labute approximate surface area is 151 Å². The molecule has 7 atom stereocenters. The summed E-state index contributed by atoms with van der Waals surface area (Å²) in [6.45, 7) is 4.04. The maximum Gasteiger partial charge on any atom is 0.343 e. The average molecular weight is 358 g/mol. The number of carbonyl (C=O) groups is 2. The van der Waals surface area contributed by atoms with Gasteiger partial charge in [0.15, 0.2) is 5.60 Å². The second-order valence-corrected chi connectivity index (χ2v) is 8.67. The Balaban J connectivity index is 1.61. The summed E-state index contributed by atoms with van der Waals surface area (Å²) in [5, 5.41) is 11.2. The lowest BCUT2D eigenvalue weighted by atomic mass is 9.42. The van der Waals surface area contributed by atoms with Crippen molar-refractivity contribution in [2.24, 2.45) is 22.7 Å². The fourth-order valence-corrected chi connectivity index (χ4v) is 6.16. The highest BCUT2D eigenvalue weighted by Crippen LogP contribution is 2.67. The van der Waals surface area contributed by atoms with Crippen molar-refractivity contribution in [3.05, 3.63) is 36.3 Å². The van der Waals surface area contributed by atoms with Crippen LogP contribution in [0.2, 0.25) is 0 Å². The molecule has 1 aromatic heterocycles. The lowest BCUT2D eigenvalue weighted by Crippen LogP contribution is -2.72. The number of carbonyl (C=O) groups excluding carboxylic acids is 2. The molecule has 3 aliphatic heterocycles. The van der Waals surface area contributed by atoms with Crippen LogP contribution in [-0.2, 0) is 19.1 Å². The quantitative estimate of drug-likeness (QED) is 0.613. The normalized spacial score (nSPS) is 49.2. The first kappa shape index (κ1) is 16.1. The molecule has 5 aliphatic rings. The second-order valence-electron chi connectivity index (χ2n) is 8.67. The molecule has 2 saturated heterocycles. The molecule has 1 aromatic rings. The largest absolute Gasteiger partial charge is 0.472 e. The summed E-state index contributed by atoms with van der Waals surface area (Å²) in [5.41, 5.74) is -1.91. The van der Waals surface area contributed by atoms with E-state index in [1.807, 2.05) is 13.0 Å². The van der Waals surface area contributed by atoms with Gasteiger partial charge in [0, 0.05) is 16.9 Å². The van der Waals surface area contributed by atoms with Crippen molar-refractivity contribution in [1.29, 1.82) is 0 Å². The highest BCUT2D eigenvalue weighted by molar-refractivity contribution is 5.86. The van der Waals surface area contributed by atoms with Gasteiger partial charge in [-0.3, -0.25) is 4.79 Å². The summed E-state index contributed by atoms with van der Waals surface area (Å²) in [6, 6.07) is 1.81. The van der Waals surface area contributed by atoms with Crippen LogP contribution in [0.15, 0.2) is 35.2 Å². The van der Waals surface area contributed by atoms with Gasteiger partial charge in [0.05, 0.1) is 18.4 Å². The third kappa shape index (κ3) is 1.71. The van der Waals surface area contributed by atoms with Crippen molar-refractivity contribution in [2.45, 2.75) is 50.9 Å². The number of cyclic esters (lactones) is 1. The summed E-state index contributed by atoms with van der Waals surface area (Å²) in [4.78, 5) is 25.2. The molecule has 6 rings (SSSR count). The Morgan fingerprint density at radius 1 is 1.23 bits per heavy atom. The van der Waals surface area contributed by atoms with Gasteiger partial charge >= 0.3 is 11.9 Å². The van der Waals surface area contributed by atoms with E-state index >= 15 is 0 Å². The van der Waals surface area contributed by atoms with Gasteiger partial charge in [-0.15, -0.1) is 0 Å². The van der Waals surface area contributed by atoms with Crippen molar-refractivity contribution in [3.63, 3.8) is 0 Å². The van der Waals surface area contributed by atoms with E-state index in [4.69, 9.17) is 13.9 Å². The topological polar surface area (TPSA) is 86.0 Å². The third-order valence-corrected chi connectivity index (χ3v) is 7.51.